The number of nitriles is 1. The van der Waals surface area contributed by atoms with E-state index in [4.69, 9.17) is 22.0 Å². The first-order chi connectivity index (χ1) is 7.76. The number of anilines is 1. The molecule has 1 aliphatic rings. The smallest absolute Gasteiger partial charge is 0.101 e. The summed E-state index contributed by atoms with van der Waals surface area (Å²) >= 11 is 5.85. The van der Waals surface area contributed by atoms with E-state index in [2.05, 4.69) is 11.0 Å². The highest BCUT2D eigenvalue weighted by Crippen LogP contribution is 2.34. The lowest BCUT2D eigenvalue weighted by molar-refractivity contribution is 0.301. The fourth-order valence-electron chi connectivity index (χ4n) is 1.84. The monoisotopic (exact) mass is 236 g/mol. The van der Waals surface area contributed by atoms with Crippen molar-refractivity contribution in [1.29, 1.82) is 5.26 Å². The molecule has 0 atom stereocenters. The molecule has 4 heteroatoms. The SMILES string of the molecule is N#Cc1cc(Cl)ccc1N(CCO)C1CC1. The van der Waals surface area contributed by atoms with E-state index in [0.29, 0.717) is 23.2 Å². The zero-order chi connectivity index (χ0) is 11.5. The third-order valence-corrected chi connectivity index (χ3v) is 2.95. The lowest BCUT2D eigenvalue weighted by atomic mass is 10.1. The van der Waals surface area contributed by atoms with E-state index in [-0.39, 0.29) is 6.61 Å². The molecule has 1 aliphatic carbocycles. The number of aliphatic hydroxyl groups is 1. The molecule has 0 aliphatic heterocycles. The Balaban J connectivity index is 2.33. The Morgan fingerprint density at radius 3 is 2.81 bits per heavy atom. The number of nitrogens with zero attached hydrogens (tertiary/aromatic N) is 2. The van der Waals surface area contributed by atoms with Crippen LogP contribution < -0.4 is 4.90 Å². The average Bonchev–Trinajstić information content (AvgIpc) is 3.10. The van der Waals surface area contributed by atoms with Crippen LogP contribution in [-0.4, -0.2) is 24.3 Å². The van der Waals surface area contributed by atoms with E-state index in [1.165, 1.54) is 0 Å². The third kappa shape index (κ3) is 2.29. The summed E-state index contributed by atoms with van der Waals surface area (Å²) in [6.45, 7) is 0.672. The Hall–Kier alpha value is -1.24. The van der Waals surface area contributed by atoms with Crippen LogP contribution in [0.1, 0.15) is 18.4 Å². The number of benzene rings is 1. The van der Waals surface area contributed by atoms with Gasteiger partial charge in [0.15, 0.2) is 0 Å². The minimum Gasteiger partial charge on any atom is -0.395 e. The van der Waals surface area contributed by atoms with Crippen LogP contribution in [0, 0.1) is 11.3 Å². The summed E-state index contributed by atoms with van der Waals surface area (Å²) < 4.78 is 0. The van der Waals surface area contributed by atoms with Gasteiger partial charge in [-0.1, -0.05) is 11.6 Å². The van der Waals surface area contributed by atoms with Crippen molar-refractivity contribution in [1.82, 2.24) is 0 Å². The first-order valence-electron chi connectivity index (χ1n) is 5.33. The summed E-state index contributed by atoms with van der Waals surface area (Å²) in [5, 5.41) is 18.7. The van der Waals surface area contributed by atoms with Crippen LogP contribution in [0.5, 0.6) is 0 Å². The van der Waals surface area contributed by atoms with Gasteiger partial charge in [0.2, 0.25) is 0 Å². The van der Waals surface area contributed by atoms with Crippen LogP contribution in [0.2, 0.25) is 5.02 Å². The molecule has 1 N–H and O–H groups in total. The van der Waals surface area contributed by atoms with Crippen molar-refractivity contribution in [2.75, 3.05) is 18.1 Å². The molecule has 0 aromatic heterocycles. The normalized spacial score (nSPS) is 14.6. The maximum absolute atomic E-state index is 9.06. The van der Waals surface area contributed by atoms with Crippen molar-refractivity contribution >= 4 is 17.3 Å². The van der Waals surface area contributed by atoms with Crippen LogP contribution in [-0.2, 0) is 0 Å². The van der Waals surface area contributed by atoms with Gasteiger partial charge in [-0.05, 0) is 31.0 Å². The van der Waals surface area contributed by atoms with Crippen LogP contribution in [0.4, 0.5) is 5.69 Å². The van der Waals surface area contributed by atoms with Crippen molar-refractivity contribution in [3.8, 4) is 6.07 Å². The lowest BCUT2D eigenvalue weighted by Gasteiger charge is -2.24. The van der Waals surface area contributed by atoms with Gasteiger partial charge < -0.3 is 10.0 Å². The Morgan fingerprint density at radius 1 is 1.50 bits per heavy atom. The molecule has 1 fully saturated rings. The Kier molecular flexibility index (Phi) is 3.33. The molecular formula is C12H13ClN2O. The molecule has 0 spiro atoms. The summed E-state index contributed by atoms with van der Waals surface area (Å²) in [5.41, 5.74) is 1.45. The number of hydrogen-bond acceptors (Lipinski definition) is 3. The number of halogens is 1. The van der Waals surface area contributed by atoms with Crippen LogP contribution in [0.15, 0.2) is 18.2 Å². The van der Waals surface area contributed by atoms with E-state index < -0.39 is 0 Å². The number of rotatable bonds is 4. The second-order valence-corrected chi connectivity index (χ2v) is 4.36. The predicted octanol–water partition coefficient (Wildman–Crippen LogP) is 2.17. The maximum Gasteiger partial charge on any atom is 0.101 e. The average molecular weight is 237 g/mol. The van der Waals surface area contributed by atoms with Gasteiger partial charge in [0, 0.05) is 17.6 Å². The highest BCUT2D eigenvalue weighted by atomic mass is 35.5. The Bertz CT molecular complexity index is 424. The zero-order valence-corrected chi connectivity index (χ0v) is 9.61. The van der Waals surface area contributed by atoms with Gasteiger partial charge in [0.1, 0.15) is 6.07 Å². The maximum atomic E-state index is 9.06. The Morgan fingerprint density at radius 2 is 2.25 bits per heavy atom. The molecule has 16 heavy (non-hydrogen) atoms. The van der Waals surface area contributed by atoms with E-state index in [1.807, 2.05) is 6.07 Å². The second kappa shape index (κ2) is 4.73. The van der Waals surface area contributed by atoms with Crippen molar-refractivity contribution in [3.63, 3.8) is 0 Å². The highest BCUT2D eigenvalue weighted by Gasteiger charge is 2.30. The molecule has 0 bridgehead atoms. The molecule has 0 saturated heterocycles. The molecule has 0 radical (unpaired) electrons. The number of hydrogen-bond donors (Lipinski definition) is 1. The topological polar surface area (TPSA) is 47.3 Å². The molecule has 84 valence electrons. The highest BCUT2D eigenvalue weighted by molar-refractivity contribution is 6.30. The quantitative estimate of drug-likeness (QED) is 0.872. The zero-order valence-electron chi connectivity index (χ0n) is 8.86. The van der Waals surface area contributed by atoms with Crippen molar-refractivity contribution in [2.45, 2.75) is 18.9 Å². The van der Waals surface area contributed by atoms with Gasteiger partial charge in [0.25, 0.3) is 0 Å². The Labute approximate surface area is 99.9 Å². The minimum atomic E-state index is 0.101. The standard InChI is InChI=1S/C12H13ClN2O/c13-10-1-4-12(9(7-10)8-14)15(5-6-16)11-2-3-11/h1,4,7,11,16H,2-3,5-6H2. The van der Waals surface area contributed by atoms with Crippen molar-refractivity contribution < 1.29 is 5.11 Å². The molecule has 0 amide bonds. The fourth-order valence-corrected chi connectivity index (χ4v) is 2.01. The van der Waals surface area contributed by atoms with Gasteiger partial charge in [-0.25, -0.2) is 0 Å². The van der Waals surface area contributed by atoms with Gasteiger partial charge in [-0.3, -0.25) is 0 Å². The summed E-state index contributed by atoms with van der Waals surface area (Å²) in [6, 6.07) is 7.93. The van der Waals surface area contributed by atoms with Gasteiger partial charge in [-0.15, -0.1) is 0 Å². The summed E-state index contributed by atoms with van der Waals surface area (Å²) in [4.78, 5) is 2.09. The van der Waals surface area contributed by atoms with Crippen molar-refractivity contribution in [2.24, 2.45) is 0 Å². The molecule has 2 rings (SSSR count). The largest absolute Gasteiger partial charge is 0.395 e. The first-order valence-corrected chi connectivity index (χ1v) is 5.71. The minimum absolute atomic E-state index is 0.101. The molecular weight excluding hydrogens is 224 g/mol. The van der Waals surface area contributed by atoms with E-state index in [1.54, 1.807) is 12.1 Å². The van der Waals surface area contributed by atoms with E-state index in [9.17, 15) is 0 Å². The number of aliphatic hydroxyl groups excluding tert-OH is 1. The van der Waals surface area contributed by atoms with Crippen molar-refractivity contribution in [3.05, 3.63) is 28.8 Å². The summed E-state index contributed by atoms with van der Waals surface area (Å²) in [6.07, 6.45) is 2.26. The second-order valence-electron chi connectivity index (χ2n) is 3.92. The first kappa shape index (κ1) is 11.3. The van der Waals surface area contributed by atoms with Crippen LogP contribution in [0.25, 0.3) is 0 Å². The molecule has 1 aromatic carbocycles. The molecule has 0 heterocycles. The lowest BCUT2D eigenvalue weighted by Crippen LogP contribution is -2.29. The van der Waals surface area contributed by atoms with Gasteiger partial charge >= 0.3 is 0 Å². The predicted molar refractivity (Wildman–Crippen MR) is 63.6 cm³/mol. The van der Waals surface area contributed by atoms with Crippen LogP contribution >= 0.6 is 11.6 Å². The molecule has 0 unspecified atom stereocenters. The van der Waals surface area contributed by atoms with Crippen LogP contribution in [0.3, 0.4) is 0 Å². The summed E-state index contributed by atoms with van der Waals surface area (Å²) in [7, 11) is 0. The fraction of sp³-hybridized carbons (Fsp3) is 0.417. The molecule has 3 nitrogen and oxygen atoms in total. The van der Waals surface area contributed by atoms with E-state index >= 15 is 0 Å². The third-order valence-electron chi connectivity index (χ3n) is 2.72. The molecule has 1 aromatic rings. The molecule has 1 saturated carbocycles. The summed E-state index contributed by atoms with van der Waals surface area (Å²) in [5.74, 6) is 0. The van der Waals surface area contributed by atoms with E-state index in [0.717, 1.165) is 18.5 Å². The van der Waals surface area contributed by atoms with Gasteiger partial charge in [-0.2, -0.15) is 5.26 Å². The van der Waals surface area contributed by atoms with Gasteiger partial charge in [0.05, 0.1) is 17.9 Å².